The second-order valence-corrected chi connectivity index (χ2v) is 7.67. The van der Waals surface area contributed by atoms with Crippen LogP contribution in [0.2, 0.25) is 0 Å². The molecule has 0 radical (unpaired) electrons. The number of aromatic nitrogens is 2. The van der Waals surface area contributed by atoms with Crippen molar-refractivity contribution in [2.45, 2.75) is 37.8 Å². The number of rotatable bonds is 6. The Kier molecular flexibility index (Phi) is 4.49. The summed E-state index contributed by atoms with van der Waals surface area (Å²) in [5.41, 5.74) is 2.10. The van der Waals surface area contributed by atoms with Gasteiger partial charge in [0.25, 0.3) is 0 Å². The standard InChI is InChI=1S/C24H24N2O2/c27-20(16-28-21-13-12-17-6-1-2-7-19(17)14-21)15-26-23-11-4-3-10-22(23)25-24(26)18-8-5-9-18/h1-4,6-7,10-14,18,20,27H,5,8-9,15-16H2. The van der Waals surface area contributed by atoms with E-state index in [4.69, 9.17) is 9.72 Å². The van der Waals surface area contributed by atoms with Crippen LogP contribution in [0.15, 0.2) is 66.7 Å². The van der Waals surface area contributed by atoms with Gasteiger partial charge in [0.15, 0.2) is 0 Å². The zero-order valence-electron chi connectivity index (χ0n) is 15.8. The molecule has 1 heterocycles. The molecule has 3 aromatic carbocycles. The number of imidazole rings is 1. The number of aliphatic hydroxyl groups excluding tert-OH is 1. The van der Waals surface area contributed by atoms with Crippen molar-refractivity contribution in [2.24, 2.45) is 0 Å². The average Bonchev–Trinajstić information content (AvgIpc) is 3.03. The van der Waals surface area contributed by atoms with Gasteiger partial charge in [0.2, 0.25) is 0 Å². The number of nitrogens with zero attached hydrogens (tertiary/aromatic N) is 2. The fraction of sp³-hybridized carbons (Fsp3) is 0.292. The van der Waals surface area contributed by atoms with Crippen LogP contribution in [-0.2, 0) is 6.54 Å². The maximum atomic E-state index is 10.7. The van der Waals surface area contributed by atoms with E-state index in [-0.39, 0.29) is 6.61 Å². The highest BCUT2D eigenvalue weighted by Crippen LogP contribution is 2.37. The molecule has 0 bridgehead atoms. The molecule has 28 heavy (non-hydrogen) atoms. The normalized spacial score (nSPS) is 15.6. The summed E-state index contributed by atoms with van der Waals surface area (Å²) in [5.74, 6) is 2.41. The first kappa shape index (κ1) is 17.3. The number of fused-ring (bicyclic) bond motifs is 2. The summed E-state index contributed by atoms with van der Waals surface area (Å²) < 4.78 is 8.08. The topological polar surface area (TPSA) is 47.3 Å². The minimum absolute atomic E-state index is 0.259. The Balaban J connectivity index is 1.33. The third kappa shape index (κ3) is 3.25. The van der Waals surface area contributed by atoms with E-state index < -0.39 is 6.10 Å². The Labute approximate surface area is 164 Å². The van der Waals surface area contributed by atoms with E-state index in [0.29, 0.717) is 12.5 Å². The molecule has 1 fully saturated rings. The Morgan fingerprint density at radius 2 is 1.79 bits per heavy atom. The molecular formula is C24H24N2O2. The highest BCUT2D eigenvalue weighted by Gasteiger charge is 2.26. The molecule has 1 unspecified atom stereocenters. The van der Waals surface area contributed by atoms with Gasteiger partial charge in [-0.05, 0) is 47.9 Å². The van der Waals surface area contributed by atoms with Crippen LogP contribution in [0.1, 0.15) is 31.0 Å². The van der Waals surface area contributed by atoms with Crippen molar-refractivity contribution in [3.05, 3.63) is 72.6 Å². The first-order valence-corrected chi connectivity index (χ1v) is 10.0. The smallest absolute Gasteiger partial charge is 0.120 e. The van der Waals surface area contributed by atoms with Gasteiger partial charge in [-0.25, -0.2) is 4.98 Å². The van der Waals surface area contributed by atoms with E-state index in [2.05, 4.69) is 28.8 Å². The van der Waals surface area contributed by atoms with Gasteiger partial charge >= 0.3 is 0 Å². The van der Waals surface area contributed by atoms with Crippen molar-refractivity contribution in [3.8, 4) is 5.75 Å². The van der Waals surface area contributed by atoms with Crippen molar-refractivity contribution in [3.63, 3.8) is 0 Å². The van der Waals surface area contributed by atoms with Crippen LogP contribution >= 0.6 is 0 Å². The molecule has 0 amide bonds. The minimum atomic E-state index is -0.595. The van der Waals surface area contributed by atoms with Crippen molar-refractivity contribution >= 4 is 21.8 Å². The lowest BCUT2D eigenvalue weighted by Crippen LogP contribution is -2.26. The summed E-state index contributed by atoms with van der Waals surface area (Å²) in [6, 6.07) is 22.4. The monoisotopic (exact) mass is 372 g/mol. The van der Waals surface area contributed by atoms with Crippen molar-refractivity contribution in [1.29, 1.82) is 0 Å². The summed E-state index contributed by atoms with van der Waals surface area (Å²) in [4.78, 5) is 4.85. The van der Waals surface area contributed by atoms with Crippen molar-refractivity contribution in [1.82, 2.24) is 9.55 Å². The quantitative estimate of drug-likeness (QED) is 0.524. The molecule has 1 aromatic heterocycles. The summed E-state index contributed by atoms with van der Waals surface area (Å²) in [5, 5.41) is 13.0. The Morgan fingerprint density at radius 3 is 2.61 bits per heavy atom. The van der Waals surface area contributed by atoms with E-state index in [1.165, 1.54) is 24.6 Å². The molecule has 142 valence electrons. The number of hydrogen-bond acceptors (Lipinski definition) is 3. The summed E-state index contributed by atoms with van der Waals surface area (Å²) in [6.07, 6.45) is 3.05. The molecule has 0 spiro atoms. The third-order valence-electron chi connectivity index (χ3n) is 5.71. The number of ether oxygens (including phenoxy) is 1. The molecule has 1 saturated carbocycles. The van der Waals surface area contributed by atoms with Crippen LogP contribution in [0, 0.1) is 0 Å². The van der Waals surface area contributed by atoms with E-state index in [1.54, 1.807) is 0 Å². The summed E-state index contributed by atoms with van der Waals surface area (Å²) in [7, 11) is 0. The summed E-state index contributed by atoms with van der Waals surface area (Å²) >= 11 is 0. The zero-order valence-corrected chi connectivity index (χ0v) is 15.8. The van der Waals surface area contributed by atoms with Crippen LogP contribution in [0.3, 0.4) is 0 Å². The van der Waals surface area contributed by atoms with Gasteiger partial charge in [-0.1, -0.05) is 48.9 Å². The highest BCUT2D eigenvalue weighted by molar-refractivity contribution is 5.83. The van der Waals surface area contributed by atoms with E-state index in [1.807, 2.05) is 42.5 Å². The predicted octanol–water partition coefficient (Wildman–Crippen LogP) is 4.90. The van der Waals surface area contributed by atoms with Gasteiger partial charge in [0, 0.05) is 5.92 Å². The predicted molar refractivity (Wildman–Crippen MR) is 112 cm³/mol. The molecule has 0 aliphatic heterocycles. The van der Waals surface area contributed by atoms with E-state index >= 15 is 0 Å². The molecule has 1 N–H and O–H groups in total. The van der Waals surface area contributed by atoms with Crippen LogP contribution in [0.4, 0.5) is 0 Å². The number of benzene rings is 3. The molecule has 4 aromatic rings. The largest absolute Gasteiger partial charge is 0.491 e. The summed E-state index contributed by atoms with van der Waals surface area (Å²) in [6.45, 7) is 0.759. The zero-order chi connectivity index (χ0) is 18.9. The number of para-hydroxylation sites is 2. The fourth-order valence-corrected chi connectivity index (χ4v) is 3.98. The SMILES string of the molecule is OC(COc1ccc2ccccc2c1)Cn1c(C2CCC2)nc2ccccc21. The molecule has 1 aliphatic carbocycles. The second-order valence-electron chi connectivity index (χ2n) is 7.67. The van der Waals surface area contributed by atoms with Gasteiger partial charge in [0.1, 0.15) is 24.3 Å². The maximum Gasteiger partial charge on any atom is 0.120 e. The van der Waals surface area contributed by atoms with Gasteiger partial charge in [0.05, 0.1) is 17.6 Å². The molecule has 4 heteroatoms. The van der Waals surface area contributed by atoms with E-state index in [9.17, 15) is 5.11 Å². The van der Waals surface area contributed by atoms with Crippen LogP contribution in [-0.4, -0.2) is 27.4 Å². The Hall–Kier alpha value is -2.85. The van der Waals surface area contributed by atoms with Crippen molar-refractivity contribution < 1.29 is 9.84 Å². The lowest BCUT2D eigenvalue weighted by Gasteiger charge is -2.26. The average molecular weight is 372 g/mol. The second kappa shape index (κ2) is 7.28. The van der Waals surface area contributed by atoms with Gasteiger partial charge in [-0.3, -0.25) is 0 Å². The van der Waals surface area contributed by atoms with Crippen LogP contribution in [0.25, 0.3) is 21.8 Å². The Morgan fingerprint density at radius 1 is 1.00 bits per heavy atom. The van der Waals surface area contributed by atoms with Crippen molar-refractivity contribution in [2.75, 3.05) is 6.61 Å². The number of aliphatic hydroxyl groups is 1. The molecule has 5 rings (SSSR count). The van der Waals surface area contributed by atoms with Gasteiger partial charge in [-0.15, -0.1) is 0 Å². The maximum absolute atomic E-state index is 10.7. The third-order valence-corrected chi connectivity index (χ3v) is 5.71. The number of hydrogen-bond donors (Lipinski definition) is 1. The molecular weight excluding hydrogens is 348 g/mol. The lowest BCUT2D eigenvalue weighted by atomic mass is 9.85. The van der Waals surface area contributed by atoms with Crippen LogP contribution < -0.4 is 4.74 Å². The molecule has 1 atom stereocenters. The first-order chi connectivity index (χ1) is 13.8. The van der Waals surface area contributed by atoms with Crippen LogP contribution in [0.5, 0.6) is 5.75 Å². The van der Waals surface area contributed by atoms with Gasteiger partial charge < -0.3 is 14.4 Å². The first-order valence-electron chi connectivity index (χ1n) is 10.0. The fourth-order valence-electron chi connectivity index (χ4n) is 3.98. The van der Waals surface area contributed by atoms with Gasteiger partial charge in [-0.2, -0.15) is 0 Å². The van der Waals surface area contributed by atoms with E-state index in [0.717, 1.165) is 28.0 Å². The molecule has 0 saturated heterocycles. The molecule has 1 aliphatic rings. The highest BCUT2D eigenvalue weighted by atomic mass is 16.5. The lowest BCUT2D eigenvalue weighted by molar-refractivity contribution is 0.0920. The molecule has 4 nitrogen and oxygen atoms in total. The Bertz CT molecular complexity index is 1110. The minimum Gasteiger partial charge on any atom is -0.491 e.